The van der Waals surface area contributed by atoms with Crippen molar-refractivity contribution in [2.75, 3.05) is 26.8 Å². The van der Waals surface area contributed by atoms with Crippen LogP contribution in [0, 0.1) is 0 Å². The maximum Gasteiger partial charge on any atom is 0.188 e. The third kappa shape index (κ3) is 3.96. The number of hydrogen-bond donors (Lipinski definition) is 0. The zero-order chi connectivity index (χ0) is 15.9. The van der Waals surface area contributed by atoms with Crippen LogP contribution in [0.2, 0.25) is 0 Å². The standard InChI is InChI=1S/C19H29NO2/c1-4-11-20(12-5-2)16-10-9-15-7-6-8-17(18(15)13-16)19(21)14-22-3/h6-8,16H,4-5,9-14H2,1-3H3. The van der Waals surface area contributed by atoms with Crippen molar-refractivity contribution in [2.24, 2.45) is 0 Å². The SMILES string of the molecule is CCCN(CCC)C1CCc2cccc(C(=O)COC)c2C1. The van der Waals surface area contributed by atoms with E-state index < -0.39 is 0 Å². The number of benzene rings is 1. The summed E-state index contributed by atoms with van der Waals surface area (Å²) in [6.45, 7) is 6.97. The molecule has 0 spiro atoms. The van der Waals surface area contributed by atoms with Crippen LogP contribution in [0.5, 0.6) is 0 Å². The van der Waals surface area contributed by atoms with Gasteiger partial charge in [-0.3, -0.25) is 4.79 Å². The molecule has 0 aromatic heterocycles. The molecular formula is C19H29NO2. The third-order valence-corrected chi connectivity index (χ3v) is 4.57. The summed E-state index contributed by atoms with van der Waals surface area (Å²) in [7, 11) is 1.58. The average molecular weight is 303 g/mol. The lowest BCUT2D eigenvalue weighted by Crippen LogP contribution is -2.40. The Labute approximate surface area is 134 Å². The summed E-state index contributed by atoms with van der Waals surface area (Å²) in [5.41, 5.74) is 3.49. The number of Topliss-reactive ketones (excluding diaryl/α,β-unsaturated/α-hetero) is 1. The van der Waals surface area contributed by atoms with Gasteiger partial charge in [-0.05, 0) is 56.3 Å². The van der Waals surface area contributed by atoms with Gasteiger partial charge in [-0.2, -0.15) is 0 Å². The van der Waals surface area contributed by atoms with Gasteiger partial charge in [0, 0.05) is 18.7 Å². The second-order valence-corrected chi connectivity index (χ2v) is 6.23. The van der Waals surface area contributed by atoms with E-state index in [0.29, 0.717) is 6.04 Å². The summed E-state index contributed by atoms with van der Waals surface area (Å²) in [5.74, 6) is 0.109. The van der Waals surface area contributed by atoms with E-state index in [2.05, 4.69) is 24.8 Å². The molecule has 0 saturated carbocycles. The van der Waals surface area contributed by atoms with Crippen LogP contribution in [0.25, 0.3) is 0 Å². The first-order valence-electron chi connectivity index (χ1n) is 8.58. The number of methoxy groups -OCH3 is 1. The number of rotatable bonds is 8. The van der Waals surface area contributed by atoms with Gasteiger partial charge in [0.25, 0.3) is 0 Å². The highest BCUT2D eigenvalue weighted by Gasteiger charge is 2.26. The zero-order valence-corrected chi connectivity index (χ0v) is 14.2. The Bertz CT molecular complexity index is 492. The maximum atomic E-state index is 12.3. The molecule has 22 heavy (non-hydrogen) atoms. The number of nitrogens with zero attached hydrogens (tertiary/aromatic N) is 1. The molecule has 0 heterocycles. The van der Waals surface area contributed by atoms with Crippen LogP contribution in [0.3, 0.4) is 0 Å². The van der Waals surface area contributed by atoms with Crippen LogP contribution in [0.1, 0.15) is 54.6 Å². The molecule has 0 saturated heterocycles. The second-order valence-electron chi connectivity index (χ2n) is 6.23. The number of fused-ring (bicyclic) bond motifs is 1. The van der Waals surface area contributed by atoms with Crippen molar-refractivity contribution >= 4 is 5.78 Å². The Morgan fingerprint density at radius 2 is 2.00 bits per heavy atom. The van der Waals surface area contributed by atoms with Crippen molar-refractivity contribution in [1.29, 1.82) is 0 Å². The second kappa shape index (κ2) is 8.44. The third-order valence-electron chi connectivity index (χ3n) is 4.57. The predicted molar refractivity (Wildman–Crippen MR) is 90.6 cm³/mol. The molecule has 1 aromatic rings. The largest absolute Gasteiger partial charge is 0.377 e. The lowest BCUT2D eigenvalue weighted by atomic mass is 9.83. The first-order valence-corrected chi connectivity index (χ1v) is 8.58. The number of ether oxygens (including phenoxy) is 1. The van der Waals surface area contributed by atoms with Crippen molar-refractivity contribution in [3.8, 4) is 0 Å². The first kappa shape index (κ1) is 17.2. The molecule has 1 unspecified atom stereocenters. The van der Waals surface area contributed by atoms with Crippen molar-refractivity contribution in [2.45, 2.75) is 52.0 Å². The molecule has 0 aliphatic heterocycles. The molecule has 0 amide bonds. The summed E-state index contributed by atoms with van der Waals surface area (Å²) in [6, 6.07) is 6.73. The van der Waals surface area contributed by atoms with E-state index in [-0.39, 0.29) is 12.4 Å². The van der Waals surface area contributed by atoms with E-state index >= 15 is 0 Å². The van der Waals surface area contributed by atoms with Gasteiger partial charge in [-0.15, -0.1) is 0 Å². The van der Waals surface area contributed by atoms with E-state index in [1.165, 1.54) is 30.4 Å². The van der Waals surface area contributed by atoms with E-state index in [4.69, 9.17) is 4.74 Å². The normalized spacial score (nSPS) is 17.5. The van der Waals surface area contributed by atoms with E-state index in [9.17, 15) is 4.79 Å². The van der Waals surface area contributed by atoms with Gasteiger partial charge in [-0.25, -0.2) is 0 Å². The van der Waals surface area contributed by atoms with Crippen molar-refractivity contribution < 1.29 is 9.53 Å². The molecule has 2 rings (SSSR count). The Hall–Kier alpha value is -1.19. The Balaban J connectivity index is 2.22. The molecule has 3 heteroatoms. The summed E-state index contributed by atoms with van der Waals surface area (Å²) >= 11 is 0. The molecule has 1 aliphatic rings. The average Bonchev–Trinajstić information content (AvgIpc) is 2.54. The molecule has 1 aliphatic carbocycles. The van der Waals surface area contributed by atoms with Crippen LogP contribution in [0.4, 0.5) is 0 Å². The smallest absolute Gasteiger partial charge is 0.188 e. The van der Waals surface area contributed by atoms with E-state index in [1.807, 2.05) is 12.1 Å². The number of carbonyl (C=O) groups excluding carboxylic acids is 1. The van der Waals surface area contributed by atoms with Gasteiger partial charge < -0.3 is 9.64 Å². The fourth-order valence-corrected chi connectivity index (χ4v) is 3.60. The summed E-state index contributed by atoms with van der Waals surface area (Å²) < 4.78 is 5.04. The van der Waals surface area contributed by atoms with Crippen LogP contribution in [-0.4, -0.2) is 43.5 Å². The van der Waals surface area contributed by atoms with Crippen LogP contribution >= 0.6 is 0 Å². The number of carbonyl (C=O) groups is 1. The molecule has 122 valence electrons. The molecule has 1 aromatic carbocycles. The van der Waals surface area contributed by atoms with Gasteiger partial charge in [-0.1, -0.05) is 32.0 Å². The highest BCUT2D eigenvalue weighted by Crippen LogP contribution is 2.28. The molecular weight excluding hydrogens is 274 g/mol. The quantitative estimate of drug-likeness (QED) is 0.688. The highest BCUT2D eigenvalue weighted by atomic mass is 16.5. The van der Waals surface area contributed by atoms with E-state index in [0.717, 1.165) is 31.5 Å². The topological polar surface area (TPSA) is 29.5 Å². The molecule has 0 N–H and O–H groups in total. The summed E-state index contributed by atoms with van der Waals surface area (Å²) in [5, 5.41) is 0. The van der Waals surface area contributed by atoms with Crippen molar-refractivity contribution in [3.05, 3.63) is 34.9 Å². The fraction of sp³-hybridized carbons (Fsp3) is 0.632. The monoisotopic (exact) mass is 303 g/mol. The number of hydrogen-bond acceptors (Lipinski definition) is 3. The van der Waals surface area contributed by atoms with Crippen LogP contribution in [0.15, 0.2) is 18.2 Å². The number of aryl methyl sites for hydroxylation is 1. The Morgan fingerprint density at radius 1 is 1.27 bits per heavy atom. The van der Waals surface area contributed by atoms with Gasteiger partial charge in [0.05, 0.1) is 0 Å². The van der Waals surface area contributed by atoms with Gasteiger partial charge in [0.15, 0.2) is 5.78 Å². The van der Waals surface area contributed by atoms with Gasteiger partial charge in [0.2, 0.25) is 0 Å². The Kier molecular flexibility index (Phi) is 6.59. The van der Waals surface area contributed by atoms with Crippen LogP contribution < -0.4 is 0 Å². The molecule has 0 radical (unpaired) electrons. The first-order chi connectivity index (χ1) is 10.7. The zero-order valence-electron chi connectivity index (χ0n) is 14.2. The molecule has 0 fully saturated rings. The minimum Gasteiger partial charge on any atom is -0.377 e. The molecule has 1 atom stereocenters. The van der Waals surface area contributed by atoms with Crippen molar-refractivity contribution in [1.82, 2.24) is 4.90 Å². The van der Waals surface area contributed by atoms with E-state index in [1.54, 1.807) is 7.11 Å². The predicted octanol–water partition coefficient (Wildman–Crippen LogP) is 3.50. The minimum atomic E-state index is 0.109. The van der Waals surface area contributed by atoms with Crippen LogP contribution in [-0.2, 0) is 17.6 Å². The summed E-state index contributed by atoms with van der Waals surface area (Å²) in [6.07, 6.45) is 5.66. The highest BCUT2D eigenvalue weighted by molar-refractivity contribution is 5.98. The van der Waals surface area contributed by atoms with Gasteiger partial charge in [0.1, 0.15) is 6.61 Å². The number of ketones is 1. The maximum absolute atomic E-state index is 12.3. The van der Waals surface area contributed by atoms with Crippen molar-refractivity contribution in [3.63, 3.8) is 0 Å². The lowest BCUT2D eigenvalue weighted by Gasteiger charge is -2.35. The molecule has 3 nitrogen and oxygen atoms in total. The molecule has 0 bridgehead atoms. The fourth-order valence-electron chi connectivity index (χ4n) is 3.60. The summed E-state index contributed by atoms with van der Waals surface area (Å²) in [4.78, 5) is 14.9. The Morgan fingerprint density at radius 3 is 2.64 bits per heavy atom. The lowest BCUT2D eigenvalue weighted by molar-refractivity contribution is 0.0845. The minimum absolute atomic E-state index is 0.109. The van der Waals surface area contributed by atoms with Gasteiger partial charge >= 0.3 is 0 Å².